The first-order chi connectivity index (χ1) is 7.80. The van der Waals surface area contributed by atoms with Gasteiger partial charge in [-0.3, -0.25) is 4.90 Å². The molecule has 0 amide bonds. The Morgan fingerprint density at radius 2 is 2.06 bits per heavy atom. The molecule has 0 aromatic heterocycles. The summed E-state index contributed by atoms with van der Waals surface area (Å²) in [7, 11) is 0. The highest BCUT2D eigenvalue weighted by atomic mass is 16.3. The fraction of sp³-hybridized carbons (Fsp3) is 0.571. The molecule has 1 N–H and O–H groups in total. The molecule has 1 aromatic carbocycles. The highest BCUT2D eigenvalue weighted by Gasteiger charge is 2.38. The summed E-state index contributed by atoms with van der Waals surface area (Å²) in [5.74, 6) is 0. The maximum atomic E-state index is 9.62. The van der Waals surface area contributed by atoms with Crippen LogP contribution in [0.4, 0.5) is 0 Å². The Kier molecular flexibility index (Phi) is 3.62. The van der Waals surface area contributed by atoms with Crippen molar-refractivity contribution in [2.24, 2.45) is 0 Å². The molecule has 0 bridgehead atoms. The molecule has 1 fully saturated rings. The van der Waals surface area contributed by atoms with E-state index in [1.54, 1.807) is 0 Å². The molecule has 1 atom stereocenters. The van der Waals surface area contributed by atoms with Gasteiger partial charge in [0.2, 0.25) is 0 Å². The van der Waals surface area contributed by atoms with Gasteiger partial charge in [0, 0.05) is 12.1 Å². The van der Waals surface area contributed by atoms with Crippen LogP contribution in [0.15, 0.2) is 30.3 Å². The highest BCUT2D eigenvalue weighted by molar-refractivity contribution is 5.15. The summed E-state index contributed by atoms with van der Waals surface area (Å²) < 4.78 is 0. The van der Waals surface area contributed by atoms with E-state index in [2.05, 4.69) is 36.1 Å². The van der Waals surface area contributed by atoms with Crippen LogP contribution >= 0.6 is 0 Å². The molecule has 0 aliphatic carbocycles. The first kappa shape index (κ1) is 11.6. The third-order valence-corrected chi connectivity index (χ3v) is 3.91. The summed E-state index contributed by atoms with van der Waals surface area (Å²) in [6.45, 7) is 4.55. The average Bonchev–Trinajstić information content (AvgIpc) is 2.74. The fourth-order valence-corrected chi connectivity index (χ4v) is 2.74. The van der Waals surface area contributed by atoms with Crippen LogP contribution in [-0.4, -0.2) is 28.7 Å². The number of hydrogen-bond acceptors (Lipinski definition) is 2. The van der Waals surface area contributed by atoms with Gasteiger partial charge in [0.1, 0.15) is 0 Å². The van der Waals surface area contributed by atoms with Crippen LogP contribution in [0.1, 0.15) is 31.7 Å². The molecular weight excluding hydrogens is 198 g/mol. The number of aliphatic hydroxyl groups excluding tert-OH is 1. The van der Waals surface area contributed by atoms with Gasteiger partial charge in [-0.15, -0.1) is 0 Å². The lowest BCUT2D eigenvalue weighted by atomic mass is 9.93. The predicted octanol–water partition coefficient (Wildman–Crippen LogP) is 2.42. The lowest BCUT2D eigenvalue weighted by molar-refractivity contribution is 0.0549. The molecule has 0 radical (unpaired) electrons. The molecule has 1 unspecified atom stereocenters. The zero-order chi connectivity index (χ0) is 11.4. The summed E-state index contributed by atoms with van der Waals surface area (Å²) in [5.41, 5.74) is 1.38. The van der Waals surface area contributed by atoms with Crippen molar-refractivity contribution in [3.8, 4) is 0 Å². The smallest absolute Gasteiger partial charge is 0.0615 e. The topological polar surface area (TPSA) is 23.5 Å². The second-order valence-electron chi connectivity index (χ2n) is 4.75. The van der Waals surface area contributed by atoms with E-state index >= 15 is 0 Å². The predicted molar refractivity (Wildman–Crippen MR) is 66.2 cm³/mol. The molecule has 1 aromatic rings. The van der Waals surface area contributed by atoms with Crippen molar-refractivity contribution in [2.45, 2.75) is 38.3 Å². The minimum atomic E-state index is 0.0375. The average molecular weight is 219 g/mol. The Morgan fingerprint density at radius 1 is 1.31 bits per heavy atom. The zero-order valence-corrected chi connectivity index (χ0v) is 10.0. The Balaban J connectivity index is 2.09. The van der Waals surface area contributed by atoms with E-state index in [0.717, 1.165) is 25.9 Å². The summed E-state index contributed by atoms with van der Waals surface area (Å²) in [5, 5.41) is 9.62. The maximum Gasteiger partial charge on any atom is 0.0615 e. The van der Waals surface area contributed by atoms with E-state index in [4.69, 9.17) is 0 Å². The van der Waals surface area contributed by atoms with E-state index in [9.17, 15) is 5.11 Å². The van der Waals surface area contributed by atoms with Crippen LogP contribution < -0.4 is 0 Å². The number of hydrogen-bond donors (Lipinski definition) is 1. The number of rotatable bonds is 4. The van der Waals surface area contributed by atoms with Crippen LogP contribution in [-0.2, 0) is 6.54 Å². The van der Waals surface area contributed by atoms with Crippen molar-refractivity contribution < 1.29 is 5.11 Å². The minimum Gasteiger partial charge on any atom is -0.394 e. The Labute approximate surface area is 97.9 Å². The van der Waals surface area contributed by atoms with Crippen molar-refractivity contribution in [1.82, 2.24) is 4.90 Å². The van der Waals surface area contributed by atoms with E-state index in [1.807, 2.05) is 6.07 Å². The van der Waals surface area contributed by atoms with Gasteiger partial charge in [0.25, 0.3) is 0 Å². The van der Waals surface area contributed by atoms with Crippen LogP contribution in [0.3, 0.4) is 0 Å². The van der Waals surface area contributed by atoms with Gasteiger partial charge in [-0.1, -0.05) is 37.3 Å². The molecule has 0 spiro atoms. The van der Waals surface area contributed by atoms with Gasteiger partial charge in [-0.2, -0.15) is 0 Å². The number of benzene rings is 1. The van der Waals surface area contributed by atoms with Crippen molar-refractivity contribution in [3.63, 3.8) is 0 Å². The normalized spacial score (nSPS) is 26.1. The van der Waals surface area contributed by atoms with Gasteiger partial charge in [-0.05, 0) is 31.4 Å². The van der Waals surface area contributed by atoms with E-state index < -0.39 is 0 Å². The standard InChI is InChI=1S/C14H21NO/c1-2-14(12-16)9-6-10-15(14)11-13-7-4-3-5-8-13/h3-5,7-8,16H,2,6,9-12H2,1H3. The quantitative estimate of drug-likeness (QED) is 0.840. The molecule has 88 valence electrons. The largest absolute Gasteiger partial charge is 0.394 e. The van der Waals surface area contributed by atoms with Crippen LogP contribution in [0.5, 0.6) is 0 Å². The van der Waals surface area contributed by atoms with Crippen LogP contribution in [0.2, 0.25) is 0 Å². The van der Waals surface area contributed by atoms with Crippen LogP contribution in [0, 0.1) is 0 Å². The highest BCUT2D eigenvalue weighted by Crippen LogP contribution is 2.33. The lowest BCUT2D eigenvalue weighted by Gasteiger charge is -2.36. The van der Waals surface area contributed by atoms with Gasteiger partial charge in [0.05, 0.1) is 6.61 Å². The van der Waals surface area contributed by atoms with E-state index in [0.29, 0.717) is 0 Å². The number of aliphatic hydroxyl groups is 1. The van der Waals surface area contributed by atoms with Crippen molar-refractivity contribution in [1.29, 1.82) is 0 Å². The zero-order valence-electron chi connectivity index (χ0n) is 10.0. The monoisotopic (exact) mass is 219 g/mol. The summed E-state index contributed by atoms with van der Waals surface area (Å²) >= 11 is 0. The summed E-state index contributed by atoms with van der Waals surface area (Å²) in [6.07, 6.45) is 3.38. The van der Waals surface area contributed by atoms with Crippen molar-refractivity contribution >= 4 is 0 Å². The third kappa shape index (κ3) is 2.13. The molecule has 2 heteroatoms. The van der Waals surface area contributed by atoms with Gasteiger partial charge in [-0.25, -0.2) is 0 Å². The Hall–Kier alpha value is -0.860. The first-order valence-electron chi connectivity index (χ1n) is 6.20. The molecule has 1 heterocycles. The maximum absolute atomic E-state index is 9.62. The molecule has 16 heavy (non-hydrogen) atoms. The third-order valence-electron chi connectivity index (χ3n) is 3.91. The van der Waals surface area contributed by atoms with Gasteiger partial charge in [0.15, 0.2) is 0 Å². The molecule has 2 nitrogen and oxygen atoms in total. The second kappa shape index (κ2) is 4.98. The second-order valence-corrected chi connectivity index (χ2v) is 4.75. The fourth-order valence-electron chi connectivity index (χ4n) is 2.74. The van der Waals surface area contributed by atoms with Crippen molar-refractivity contribution in [2.75, 3.05) is 13.2 Å². The Morgan fingerprint density at radius 3 is 2.69 bits per heavy atom. The molecule has 2 rings (SSSR count). The minimum absolute atomic E-state index is 0.0375. The molecule has 1 aliphatic rings. The molecule has 0 saturated carbocycles. The summed E-state index contributed by atoms with van der Waals surface area (Å²) in [4.78, 5) is 2.45. The molecular formula is C14H21NO. The van der Waals surface area contributed by atoms with Crippen LogP contribution in [0.25, 0.3) is 0 Å². The van der Waals surface area contributed by atoms with E-state index in [-0.39, 0.29) is 12.1 Å². The van der Waals surface area contributed by atoms with Gasteiger partial charge >= 0.3 is 0 Å². The number of nitrogens with zero attached hydrogens (tertiary/aromatic N) is 1. The SMILES string of the molecule is CCC1(CO)CCCN1Cc1ccccc1. The molecule has 1 saturated heterocycles. The van der Waals surface area contributed by atoms with E-state index in [1.165, 1.54) is 12.0 Å². The first-order valence-corrected chi connectivity index (χ1v) is 6.20. The van der Waals surface area contributed by atoms with Gasteiger partial charge < -0.3 is 5.11 Å². The Bertz CT molecular complexity index is 319. The number of likely N-dealkylation sites (tertiary alicyclic amines) is 1. The molecule has 1 aliphatic heterocycles. The lowest BCUT2D eigenvalue weighted by Crippen LogP contribution is -2.45. The van der Waals surface area contributed by atoms with Crippen molar-refractivity contribution in [3.05, 3.63) is 35.9 Å². The summed E-state index contributed by atoms with van der Waals surface area (Å²) in [6, 6.07) is 10.5.